The number of carbonyl (C=O) groups excluding carboxylic acids is 1. The summed E-state index contributed by atoms with van der Waals surface area (Å²) in [5.74, 6) is -0.0278. The number of hydrogen-bond acceptors (Lipinski definition) is 3. The number of hydrogen-bond donors (Lipinski definition) is 2. The van der Waals surface area contributed by atoms with Crippen molar-refractivity contribution in [1.29, 1.82) is 0 Å². The maximum absolute atomic E-state index is 12.6. The van der Waals surface area contributed by atoms with E-state index in [0.717, 1.165) is 25.2 Å². The molecule has 1 aliphatic heterocycles. The zero-order chi connectivity index (χ0) is 16.2. The van der Waals surface area contributed by atoms with Crippen molar-refractivity contribution < 1.29 is 18.1 Å². The summed E-state index contributed by atoms with van der Waals surface area (Å²) in [4.78, 5) is 12.5. The van der Waals surface area contributed by atoms with Crippen LogP contribution in [0, 0.1) is 6.92 Å². The SMILES string of the molecule is CC(=O)NCC[NH+]1CCN(S(=O)(=O)c2ccc(C)cc2)CC1. The second-order valence-corrected chi connectivity index (χ2v) is 7.64. The van der Waals surface area contributed by atoms with E-state index in [2.05, 4.69) is 5.32 Å². The lowest BCUT2D eigenvalue weighted by atomic mass is 10.2. The number of aryl methyl sites for hydroxylation is 1. The van der Waals surface area contributed by atoms with Crippen molar-refractivity contribution in [2.24, 2.45) is 0 Å². The highest BCUT2D eigenvalue weighted by Gasteiger charge is 2.30. The molecule has 22 heavy (non-hydrogen) atoms. The lowest BCUT2D eigenvalue weighted by molar-refractivity contribution is -0.902. The van der Waals surface area contributed by atoms with Crippen molar-refractivity contribution in [1.82, 2.24) is 9.62 Å². The van der Waals surface area contributed by atoms with Crippen LogP contribution >= 0.6 is 0 Å². The number of piperazine rings is 1. The number of nitrogens with one attached hydrogen (secondary N) is 2. The van der Waals surface area contributed by atoms with E-state index >= 15 is 0 Å². The molecule has 0 saturated carbocycles. The summed E-state index contributed by atoms with van der Waals surface area (Å²) in [6.07, 6.45) is 0. The Morgan fingerprint density at radius 2 is 1.82 bits per heavy atom. The van der Waals surface area contributed by atoms with Gasteiger partial charge in [0, 0.05) is 6.92 Å². The van der Waals surface area contributed by atoms with Gasteiger partial charge in [0.2, 0.25) is 15.9 Å². The number of sulfonamides is 1. The minimum atomic E-state index is -3.39. The maximum Gasteiger partial charge on any atom is 0.243 e. The van der Waals surface area contributed by atoms with Crippen LogP contribution in [0.5, 0.6) is 0 Å². The highest BCUT2D eigenvalue weighted by atomic mass is 32.2. The van der Waals surface area contributed by atoms with Crippen LogP contribution in [0.2, 0.25) is 0 Å². The van der Waals surface area contributed by atoms with Crippen LogP contribution in [-0.4, -0.2) is 57.9 Å². The smallest absolute Gasteiger partial charge is 0.243 e. The highest BCUT2D eigenvalue weighted by Crippen LogP contribution is 2.16. The molecular formula is C15H24N3O3S+. The molecule has 0 aromatic heterocycles. The van der Waals surface area contributed by atoms with Crippen LogP contribution in [-0.2, 0) is 14.8 Å². The molecule has 122 valence electrons. The van der Waals surface area contributed by atoms with Gasteiger partial charge in [-0.25, -0.2) is 8.42 Å². The first kappa shape index (κ1) is 16.9. The van der Waals surface area contributed by atoms with Gasteiger partial charge in [0.05, 0.1) is 44.2 Å². The molecule has 1 fully saturated rings. The van der Waals surface area contributed by atoms with E-state index in [0.29, 0.717) is 24.5 Å². The second-order valence-electron chi connectivity index (χ2n) is 5.70. The van der Waals surface area contributed by atoms with E-state index in [1.165, 1.54) is 11.8 Å². The highest BCUT2D eigenvalue weighted by molar-refractivity contribution is 7.89. The number of rotatable bonds is 5. The fourth-order valence-corrected chi connectivity index (χ4v) is 4.01. The summed E-state index contributed by atoms with van der Waals surface area (Å²) < 4.78 is 26.7. The largest absolute Gasteiger partial charge is 0.351 e. The van der Waals surface area contributed by atoms with Gasteiger partial charge in [-0.2, -0.15) is 4.31 Å². The molecule has 7 heteroatoms. The van der Waals surface area contributed by atoms with Crippen LogP contribution in [0.15, 0.2) is 29.2 Å². The molecule has 0 unspecified atom stereocenters. The second kappa shape index (κ2) is 7.21. The van der Waals surface area contributed by atoms with Gasteiger partial charge in [0.15, 0.2) is 0 Å². The molecule has 1 saturated heterocycles. The van der Waals surface area contributed by atoms with Crippen LogP contribution in [0.4, 0.5) is 0 Å². The van der Waals surface area contributed by atoms with Gasteiger partial charge in [-0.3, -0.25) is 4.79 Å². The quantitative estimate of drug-likeness (QED) is 0.731. The molecule has 2 N–H and O–H groups in total. The van der Waals surface area contributed by atoms with Gasteiger partial charge in [-0.05, 0) is 19.1 Å². The molecule has 0 atom stereocenters. The fraction of sp³-hybridized carbons (Fsp3) is 0.533. The molecule has 1 aliphatic rings. The molecule has 1 aromatic rings. The Labute approximate surface area is 132 Å². The number of quaternary nitrogens is 1. The van der Waals surface area contributed by atoms with Gasteiger partial charge in [-0.15, -0.1) is 0 Å². The summed E-state index contributed by atoms with van der Waals surface area (Å²) >= 11 is 0. The van der Waals surface area contributed by atoms with Gasteiger partial charge < -0.3 is 10.2 Å². The van der Waals surface area contributed by atoms with E-state index in [-0.39, 0.29) is 5.91 Å². The van der Waals surface area contributed by atoms with Crippen LogP contribution in [0.1, 0.15) is 12.5 Å². The topological polar surface area (TPSA) is 70.9 Å². The van der Waals surface area contributed by atoms with Crippen molar-refractivity contribution in [2.45, 2.75) is 18.7 Å². The molecule has 0 spiro atoms. The zero-order valence-electron chi connectivity index (χ0n) is 13.1. The third-order valence-corrected chi connectivity index (χ3v) is 5.85. The van der Waals surface area contributed by atoms with E-state index < -0.39 is 10.0 Å². The lowest BCUT2D eigenvalue weighted by Crippen LogP contribution is -3.15. The van der Waals surface area contributed by atoms with Gasteiger partial charge in [0.1, 0.15) is 0 Å². The Kier molecular flexibility index (Phi) is 5.55. The Bertz CT molecular complexity index is 605. The number of benzene rings is 1. The van der Waals surface area contributed by atoms with Crippen LogP contribution < -0.4 is 10.2 Å². The van der Waals surface area contributed by atoms with Gasteiger partial charge >= 0.3 is 0 Å². The van der Waals surface area contributed by atoms with E-state index in [1.54, 1.807) is 16.4 Å². The molecule has 0 aliphatic carbocycles. The van der Waals surface area contributed by atoms with Crippen molar-refractivity contribution in [3.8, 4) is 0 Å². The van der Waals surface area contributed by atoms with E-state index in [1.807, 2.05) is 19.1 Å². The van der Waals surface area contributed by atoms with Crippen molar-refractivity contribution in [2.75, 3.05) is 39.3 Å². The van der Waals surface area contributed by atoms with Gasteiger partial charge in [0.25, 0.3) is 0 Å². The Hall–Kier alpha value is -1.44. The van der Waals surface area contributed by atoms with Crippen molar-refractivity contribution in [3.05, 3.63) is 29.8 Å². The minimum Gasteiger partial charge on any atom is -0.351 e. The summed E-state index contributed by atoms with van der Waals surface area (Å²) in [5.41, 5.74) is 1.05. The average Bonchev–Trinajstić information content (AvgIpc) is 2.48. The summed E-state index contributed by atoms with van der Waals surface area (Å²) in [7, 11) is -3.39. The van der Waals surface area contributed by atoms with Gasteiger partial charge in [-0.1, -0.05) is 17.7 Å². The molecular weight excluding hydrogens is 302 g/mol. The lowest BCUT2D eigenvalue weighted by Gasteiger charge is -2.31. The number of amides is 1. The number of carbonyl (C=O) groups is 1. The predicted molar refractivity (Wildman–Crippen MR) is 84.2 cm³/mol. The van der Waals surface area contributed by atoms with Crippen LogP contribution in [0.3, 0.4) is 0 Å². The molecule has 0 radical (unpaired) electrons. The summed E-state index contributed by atoms with van der Waals surface area (Å²) in [6.45, 7) is 7.48. The molecule has 1 aromatic carbocycles. The van der Waals surface area contributed by atoms with Crippen LogP contribution in [0.25, 0.3) is 0 Å². The minimum absolute atomic E-state index is 0.0278. The van der Waals surface area contributed by atoms with E-state index in [4.69, 9.17) is 0 Å². The molecule has 2 rings (SSSR count). The summed E-state index contributed by atoms with van der Waals surface area (Å²) in [5, 5.41) is 2.77. The normalized spacial score (nSPS) is 17.4. The maximum atomic E-state index is 12.6. The first-order valence-electron chi connectivity index (χ1n) is 7.54. The number of nitrogens with zero attached hydrogens (tertiary/aromatic N) is 1. The molecule has 6 nitrogen and oxygen atoms in total. The third kappa shape index (κ3) is 4.28. The molecule has 1 amide bonds. The summed E-state index contributed by atoms with van der Waals surface area (Å²) in [6, 6.07) is 6.98. The first-order valence-corrected chi connectivity index (χ1v) is 8.98. The average molecular weight is 326 g/mol. The van der Waals surface area contributed by atoms with E-state index in [9.17, 15) is 13.2 Å². The Morgan fingerprint density at radius 1 is 1.23 bits per heavy atom. The first-order chi connectivity index (χ1) is 10.4. The zero-order valence-corrected chi connectivity index (χ0v) is 13.9. The molecule has 0 bridgehead atoms. The molecule has 1 heterocycles. The monoisotopic (exact) mass is 326 g/mol. The predicted octanol–water partition coefficient (Wildman–Crippen LogP) is -0.980. The Morgan fingerprint density at radius 3 is 2.36 bits per heavy atom. The standard InChI is InChI=1S/C15H23N3O3S/c1-13-3-5-15(6-4-13)22(20,21)18-11-9-17(10-12-18)8-7-16-14(2)19/h3-6H,7-12H2,1-2H3,(H,16,19)/p+1. The Balaban J connectivity index is 1.90. The van der Waals surface area contributed by atoms with Crippen molar-refractivity contribution >= 4 is 15.9 Å². The third-order valence-electron chi connectivity index (χ3n) is 3.94. The fourth-order valence-electron chi connectivity index (χ4n) is 2.57. The van der Waals surface area contributed by atoms with Crippen molar-refractivity contribution in [3.63, 3.8) is 0 Å².